The maximum Gasteiger partial charge on any atom is 0.335 e. The third-order valence-electron chi connectivity index (χ3n) is 5.60. The van der Waals surface area contributed by atoms with Crippen LogP contribution in [0.15, 0.2) is 65.6 Å². The number of aryl methyl sites for hydroxylation is 1. The summed E-state index contributed by atoms with van der Waals surface area (Å²) in [7, 11) is 0. The lowest BCUT2D eigenvalue weighted by atomic mass is 10.1. The Morgan fingerprint density at radius 1 is 1.08 bits per heavy atom. The molecule has 192 valence electrons. The zero-order valence-electron chi connectivity index (χ0n) is 20.4. The van der Waals surface area contributed by atoms with Crippen LogP contribution in [0, 0.1) is 0 Å². The molecule has 4 rings (SSSR count). The summed E-state index contributed by atoms with van der Waals surface area (Å²) in [5, 5.41) is 15.7. The van der Waals surface area contributed by atoms with Crippen LogP contribution in [-0.4, -0.2) is 29.1 Å². The van der Waals surface area contributed by atoms with Crippen LogP contribution in [0.2, 0.25) is 5.02 Å². The highest BCUT2D eigenvalue weighted by Crippen LogP contribution is 2.39. The van der Waals surface area contributed by atoms with Crippen molar-refractivity contribution >= 4 is 47.0 Å². The second-order valence-corrected chi connectivity index (χ2v) is 9.78. The smallest absolute Gasteiger partial charge is 0.335 e. The number of ether oxygens (including phenoxy) is 2. The fraction of sp³-hybridized carbons (Fsp3) is 0.214. The summed E-state index contributed by atoms with van der Waals surface area (Å²) in [6.07, 6.45) is 2.74. The molecule has 0 aliphatic carbocycles. The van der Waals surface area contributed by atoms with Crippen LogP contribution in [0.1, 0.15) is 40.9 Å². The second kappa shape index (κ2) is 12.1. The summed E-state index contributed by atoms with van der Waals surface area (Å²) in [5.74, 6) is -0.322. The first-order valence-corrected chi connectivity index (χ1v) is 13.1. The lowest BCUT2D eigenvalue weighted by Crippen LogP contribution is -2.30. The lowest BCUT2D eigenvalue weighted by Gasteiger charge is -2.15. The van der Waals surface area contributed by atoms with E-state index in [4.69, 9.17) is 26.2 Å². The molecule has 9 heteroatoms. The van der Waals surface area contributed by atoms with Gasteiger partial charge in [-0.05, 0) is 72.5 Å². The van der Waals surface area contributed by atoms with Crippen molar-refractivity contribution in [3.05, 3.63) is 92.8 Å². The molecular formula is C28H27ClN2O5S. The molecule has 0 bridgehead atoms. The number of benzene rings is 3. The van der Waals surface area contributed by atoms with Crippen molar-refractivity contribution in [3.63, 3.8) is 0 Å². The van der Waals surface area contributed by atoms with Gasteiger partial charge in [0.25, 0.3) is 5.91 Å². The Morgan fingerprint density at radius 3 is 2.43 bits per heavy atom. The van der Waals surface area contributed by atoms with Crippen LogP contribution in [0.25, 0.3) is 6.08 Å². The number of aromatic carboxylic acids is 1. The van der Waals surface area contributed by atoms with Crippen molar-refractivity contribution in [1.82, 2.24) is 5.32 Å². The summed E-state index contributed by atoms with van der Waals surface area (Å²) in [4.78, 5) is 24.2. The van der Waals surface area contributed by atoms with E-state index in [1.54, 1.807) is 30.3 Å². The number of hydrogen-bond acceptors (Lipinski definition) is 6. The largest absolute Gasteiger partial charge is 0.490 e. The van der Waals surface area contributed by atoms with Gasteiger partial charge in [0.05, 0.1) is 22.1 Å². The molecule has 0 saturated carbocycles. The van der Waals surface area contributed by atoms with Crippen molar-refractivity contribution in [3.8, 4) is 11.5 Å². The second-order valence-electron chi connectivity index (χ2n) is 8.23. The standard InChI is InChI=1S/C28H27ClN2O5S/c1-3-17-7-11-21(12-8-17)30-28-31-26(32)24(37-28)15-19-13-22(29)25(23(14-19)35-4-2)36-16-18-5-9-20(10-6-18)27(33)34/h5-15,28,30H,3-4,16H2,1-2H3,(H,31,32)(H,33,34)/b24-15-/t28-/m0/s1. The Balaban J connectivity index is 1.47. The Morgan fingerprint density at radius 2 is 1.78 bits per heavy atom. The summed E-state index contributed by atoms with van der Waals surface area (Å²) < 4.78 is 11.7. The van der Waals surface area contributed by atoms with Gasteiger partial charge in [-0.1, -0.05) is 54.6 Å². The van der Waals surface area contributed by atoms with Crippen molar-refractivity contribution in [1.29, 1.82) is 0 Å². The van der Waals surface area contributed by atoms with E-state index in [2.05, 4.69) is 29.7 Å². The van der Waals surface area contributed by atoms with Crippen LogP contribution in [0.5, 0.6) is 11.5 Å². The lowest BCUT2D eigenvalue weighted by molar-refractivity contribution is -0.116. The van der Waals surface area contributed by atoms with E-state index in [9.17, 15) is 9.59 Å². The number of nitrogens with one attached hydrogen (secondary N) is 2. The Kier molecular flexibility index (Phi) is 8.63. The monoisotopic (exact) mass is 538 g/mol. The predicted molar refractivity (Wildman–Crippen MR) is 147 cm³/mol. The first-order valence-electron chi connectivity index (χ1n) is 11.8. The van der Waals surface area contributed by atoms with Gasteiger partial charge in [-0.3, -0.25) is 4.79 Å². The summed E-state index contributed by atoms with van der Waals surface area (Å²) in [5.41, 5.74) is 3.59. The summed E-state index contributed by atoms with van der Waals surface area (Å²) in [6.45, 7) is 4.55. The molecule has 37 heavy (non-hydrogen) atoms. The molecule has 0 spiro atoms. The highest BCUT2D eigenvalue weighted by atomic mass is 35.5. The van der Waals surface area contributed by atoms with E-state index in [1.165, 1.54) is 29.5 Å². The van der Waals surface area contributed by atoms with Crippen molar-refractivity contribution in [2.45, 2.75) is 32.4 Å². The number of hydrogen-bond donors (Lipinski definition) is 3. The van der Waals surface area contributed by atoms with E-state index in [-0.39, 0.29) is 23.6 Å². The fourth-order valence-corrected chi connectivity index (χ4v) is 4.94. The first kappa shape index (κ1) is 26.4. The van der Waals surface area contributed by atoms with Gasteiger partial charge >= 0.3 is 5.97 Å². The van der Waals surface area contributed by atoms with E-state index in [0.717, 1.165) is 17.7 Å². The molecule has 3 aromatic rings. The Labute approximate surface area is 224 Å². The van der Waals surface area contributed by atoms with Gasteiger partial charge in [0.15, 0.2) is 17.0 Å². The number of carbonyl (C=O) groups is 2. The molecule has 7 nitrogen and oxygen atoms in total. The van der Waals surface area contributed by atoms with E-state index < -0.39 is 5.97 Å². The third-order valence-corrected chi connectivity index (χ3v) is 6.91. The average Bonchev–Trinajstić information content (AvgIpc) is 3.22. The first-order chi connectivity index (χ1) is 17.9. The molecule has 1 amide bonds. The highest BCUT2D eigenvalue weighted by Gasteiger charge is 2.27. The number of rotatable bonds is 10. The molecule has 1 atom stereocenters. The van der Waals surface area contributed by atoms with Crippen molar-refractivity contribution in [2.75, 3.05) is 11.9 Å². The Bertz CT molecular complexity index is 1310. The maximum atomic E-state index is 12.6. The van der Waals surface area contributed by atoms with Crippen molar-refractivity contribution < 1.29 is 24.2 Å². The molecule has 1 aliphatic heterocycles. The van der Waals surface area contributed by atoms with Gasteiger partial charge in [-0.25, -0.2) is 4.79 Å². The number of carbonyl (C=O) groups excluding carboxylic acids is 1. The number of carboxylic acids is 1. The molecular weight excluding hydrogens is 512 g/mol. The van der Waals surface area contributed by atoms with Gasteiger partial charge in [-0.15, -0.1) is 0 Å². The molecule has 1 fully saturated rings. The number of thioether (sulfide) groups is 1. The zero-order valence-corrected chi connectivity index (χ0v) is 22.0. The minimum Gasteiger partial charge on any atom is -0.490 e. The van der Waals surface area contributed by atoms with Crippen molar-refractivity contribution in [2.24, 2.45) is 0 Å². The van der Waals surface area contributed by atoms with Crippen LogP contribution < -0.4 is 20.1 Å². The molecule has 3 aromatic carbocycles. The Hall–Kier alpha value is -3.62. The fourth-order valence-electron chi connectivity index (χ4n) is 3.68. The molecule has 1 saturated heterocycles. The SMILES string of the molecule is CCOc1cc(/C=C2\S[C@@H](Nc3ccc(CC)cc3)NC2=O)cc(Cl)c1OCc1ccc(C(=O)O)cc1. The number of halogens is 1. The molecule has 0 aromatic heterocycles. The van der Waals surface area contributed by atoms with Gasteiger partial charge in [0.2, 0.25) is 0 Å². The molecule has 0 unspecified atom stereocenters. The summed E-state index contributed by atoms with van der Waals surface area (Å²) in [6, 6.07) is 18.0. The van der Waals surface area contributed by atoms with Gasteiger partial charge in [0, 0.05) is 5.69 Å². The zero-order chi connectivity index (χ0) is 26.4. The molecule has 1 aliphatic rings. The minimum absolute atomic E-state index is 0.174. The topological polar surface area (TPSA) is 96.9 Å². The van der Waals surface area contributed by atoms with E-state index in [1.807, 2.05) is 19.1 Å². The predicted octanol–water partition coefficient (Wildman–Crippen LogP) is 6.18. The van der Waals surface area contributed by atoms with Crippen LogP contribution in [0.3, 0.4) is 0 Å². The molecule has 3 N–H and O–H groups in total. The quantitative estimate of drug-likeness (QED) is 0.265. The number of anilines is 1. The van der Waals surface area contributed by atoms with Crippen LogP contribution >= 0.6 is 23.4 Å². The summed E-state index contributed by atoms with van der Waals surface area (Å²) >= 11 is 7.94. The van der Waals surface area contributed by atoms with Crippen LogP contribution in [-0.2, 0) is 17.8 Å². The third kappa shape index (κ3) is 6.78. The van der Waals surface area contributed by atoms with Gasteiger partial charge in [0.1, 0.15) is 6.61 Å². The number of carboxylic acid groups (broad SMARTS) is 1. The normalized spacial score (nSPS) is 15.9. The van der Waals surface area contributed by atoms with Gasteiger partial charge < -0.3 is 25.2 Å². The molecule has 0 radical (unpaired) electrons. The average molecular weight is 539 g/mol. The van der Waals surface area contributed by atoms with E-state index >= 15 is 0 Å². The highest BCUT2D eigenvalue weighted by molar-refractivity contribution is 8.05. The van der Waals surface area contributed by atoms with Crippen LogP contribution in [0.4, 0.5) is 5.69 Å². The van der Waals surface area contributed by atoms with Gasteiger partial charge in [-0.2, -0.15) is 0 Å². The maximum absolute atomic E-state index is 12.6. The minimum atomic E-state index is -0.985. The molecule has 1 heterocycles. The van der Waals surface area contributed by atoms with E-state index in [0.29, 0.717) is 33.6 Å². The number of amides is 1.